The standard InChI is InChI=1S/C20H21ClN2O3/c1-20(2,3)10-14-12-22-7-8-23(11-13-5-4-6-15(21)9-13)19(26)16(22)18(25)17(14)24/h4-9,12,25H,10-11H2,1-3H3. The Morgan fingerprint density at radius 1 is 1.15 bits per heavy atom. The van der Waals surface area contributed by atoms with Gasteiger partial charge in [-0.25, -0.2) is 0 Å². The van der Waals surface area contributed by atoms with Crippen LogP contribution >= 0.6 is 11.6 Å². The topological polar surface area (TPSA) is 63.7 Å². The summed E-state index contributed by atoms with van der Waals surface area (Å²) in [6.45, 7) is 6.34. The molecule has 3 aromatic rings. The van der Waals surface area contributed by atoms with Crippen molar-refractivity contribution < 1.29 is 5.11 Å². The van der Waals surface area contributed by atoms with Crippen LogP contribution in [0, 0.1) is 5.41 Å². The first kappa shape index (κ1) is 18.3. The molecule has 1 N–H and O–H groups in total. The Morgan fingerprint density at radius 3 is 2.54 bits per heavy atom. The van der Waals surface area contributed by atoms with Gasteiger partial charge in [0.05, 0.1) is 6.54 Å². The Bertz CT molecular complexity index is 1090. The Balaban J connectivity index is 2.12. The van der Waals surface area contributed by atoms with Gasteiger partial charge in [-0.05, 0) is 29.5 Å². The van der Waals surface area contributed by atoms with Gasteiger partial charge in [-0.1, -0.05) is 44.5 Å². The summed E-state index contributed by atoms with van der Waals surface area (Å²) in [5.74, 6) is -0.503. The smallest absolute Gasteiger partial charge is 0.279 e. The summed E-state index contributed by atoms with van der Waals surface area (Å²) in [5, 5.41) is 11.0. The Hall–Kier alpha value is -2.53. The SMILES string of the molecule is CC(C)(C)Cc1cn2ccn(Cc3cccc(Cl)c3)c(=O)c2c(O)c1=O. The molecule has 3 rings (SSSR count). The van der Waals surface area contributed by atoms with Gasteiger partial charge >= 0.3 is 0 Å². The summed E-state index contributed by atoms with van der Waals surface area (Å²) in [6, 6.07) is 7.21. The molecule has 0 saturated heterocycles. The summed E-state index contributed by atoms with van der Waals surface area (Å²) in [7, 11) is 0. The van der Waals surface area contributed by atoms with Gasteiger partial charge in [-0.3, -0.25) is 9.59 Å². The minimum atomic E-state index is -0.503. The molecule has 0 bridgehead atoms. The van der Waals surface area contributed by atoms with E-state index >= 15 is 0 Å². The van der Waals surface area contributed by atoms with Crippen molar-refractivity contribution in [1.82, 2.24) is 8.97 Å². The number of halogens is 1. The highest BCUT2D eigenvalue weighted by molar-refractivity contribution is 6.30. The average Bonchev–Trinajstić information content (AvgIpc) is 2.53. The van der Waals surface area contributed by atoms with Crippen LogP contribution in [0.5, 0.6) is 5.75 Å². The van der Waals surface area contributed by atoms with Gasteiger partial charge in [0.25, 0.3) is 5.56 Å². The summed E-state index contributed by atoms with van der Waals surface area (Å²) in [6.07, 6.45) is 5.45. The predicted molar refractivity (Wildman–Crippen MR) is 103 cm³/mol. The van der Waals surface area contributed by atoms with Crippen LogP contribution < -0.4 is 11.0 Å². The lowest BCUT2D eigenvalue weighted by Crippen LogP contribution is -2.26. The summed E-state index contributed by atoms with van der Waals surface area (Å²) < 4.78 is 2.97. The highest BCUT2D eigenvalue weighted by Gasteiger charge is 2.19. The third-order valence-corrected chi connectivity index (χ3v) is 4.35. The molecule has 0 spiro atoms. The molecule has 0 aliphatic rings. The molecule has 26 heavy (non-hydrogen) atoms. The van der Waals surface area contributed by atoms with E-state index in [0.717, 1.165) is 5.56 Å². The molecule has 0 radical (unpaired) electrons. The molecular weight excluding hydrogens is 352 g/mol. The predicted octanol–water partition coefficient (Wildman–Crippen LogP) is 3.46. The second kappa shape index (κ2) is 6.65. The van der Waals surface area contributed by atoms with Crippen molar-refractivity contribution in [2.75, 3.05) is 0 Å². The largest absolute Gasteiger partial charge is 0.503 e. The Morgan fingerprint density at radius 2 is 1.88 bits per heavy atom. The van der Waals surface area contributed by atoms with Crippen molar-refractivity contribution >= 4 is 17.1 Å². The quantitative estimate of drug-likeness (QED) is 0.765. The molecule has 0 amide bonds. The molecule has 0 fully saturated rings. The lowest BCUT2D eigenvalue weighted by Gasteiger charge is -2.18. The van der Waals surface area contributed by atoms with E-state index in [1.807, 2.05) is 32.9 Å². The normalized spacial score (nSPS) is 11.8. The molecule has 0 aliphatic carbocycles. The van der Waals surface area contributed by atoms with Gasteiger partial charge in [0.1, 0.15) is 0 Å². The zero-order valence-corrected chi connectivity index (χ0v) is 15.7. The molecular formula is C20H21ClN2O3. The second-order valence-electron chi connectivity index (χ2n) is 7.69. The molecule has 0 atom stereocenters. The fourth-order valence-corrected chi connectivity index (χ4v) is 3.22. The Labute approximate surface area is 156 Å². The summed E-state index contributed by atoms with van der Waals surface area (Å²) in [5.41, 5.74) is 0.301. The van der Waals surface area contributed by atoms with Crippen molar-refractivity contribution in [3.8, 4) is 5.75 Å². The zero-order valence-electron chi connectivity index (χ0n) is 15.0. The van der Waals surface area contributed by atoms with E-state index in [1.54, 1.807) is 30.7 Å². The third-order valence-electron chi connectivity index (χ3n) is 4.12. The van der Waals surface area contributed by atoms with E-state index in [0.29, 0.717) is 23.6 Å². The summed E-state index contributed by atoms with van der Waals surface area (Å²) in [4.78, 5) is 25.3. The number of aromatic nitrogens is 2. The second-order valence-corrected chi connectivity index (χ2v) is 8.12. The number of hydrogen-bond acceptors (Lipinski definition) is 3. The van der Waals surface area contributed by atoms with Crippen LogP contribution in [0.25, 0.3) is 5.52 Å². The van der Waals surface area contributed by atoms with Crippen molar-refractivity contribution in [3.05, 3.63) is 79.6 Å². The molecule has 0 saturated carbocycles. The van der Waals surface area contributed by atoms with E-state index in [2.05, 4.69) is 0 Å². The van der Waals surface area contributed by atoms with E-state index in [9.17, 15) is 14.7 Å². The highest BCUT2D eigenvalue weighted by Crippen LogP contribution is 2.21. The minimum absolute atomic E-state index is 0.0165. The first-order valence-corrected chi connectivity index (χ1v) is 8.74. The minimum Gasteiger partial charge on any atom is -0.503 e. The van der Waals surface area contributed by atoms with Crippen LogP contribution in [0.4, 0.5) is 0 Å². The monoisotopic (exact) mass is 372 g/mol. The van der Waals surface area contributed by atoms with Gasteiger partial charge < -0.3 is 14.1 Å². The molecule has 1 aromatic carbocycles. The number of benzene rings is 1. The van der Waals surface area contributed by atoms with Crippen LogP contribution in [-0.2, 0) is 13.0 Å². The Kier molecular flexibility index (Phi) is 4.67. The summed E-state index contributed by atoms with van der Waals surface area (Å²) >= 11 is 5.99. The first-order valence-electron chi connectivity index (χ1n) is 8.36. The van der Waals surface area contributed by atoms with E-state index < -0.39 is 16.7 Å². The zero-order chi connectivity index (χ0) is 19.1. The third kappa shape index (κ3) is 3.68. The van der Waals surface area contributed by atoms with Gasteiger partial charge in [-0.15, -0.1) is 0 Å². The number of rotatable bonds is 3. The van der Waals surface area contributed by atoms with Gasteiger partial charge in [0, 0.05) is 29.2 Å². The number of hydrogen-bond donors (Lipinski definition) is 1. The van der Waals surface area contributed by atoms with Crippen LogP contribution in [-0.4, -0.2) is 14.1 Å². The molecule has 0 aliphatic heterocycles. The number of aromatic hydroxyl groups is 1. The van der Waals surface area contributed by atoms with E-state index in [4.69, 9.17) is 11.6 Å². The highest BCUT2D eigenvalue weighted by atomic mass is 35.5. The number of nitrogens with zero attached hydrogens (tertiary/aromatic N) is 2. The van der Waals surface area contributed by atoms with Gasteiger partial charge in [0.15, 0.2) is 11.3 Å². The maximum Gasteiger partial charge on any atom is 0.279 e. The van der Waals surface area contributed by atoms with Crippen LogP contribution in [0.15, 0.2) is 52.4 Å². The van der Waals surface area contributed by atoms with Crippen LogP contribution in [0.2, 0.25) is 5.02 Å². The van der Waals surface area contributed by atoms with Crippen LogP contribution in [0.3, 0.4) is 0 Å². The first-order chi connectivity index (χ1) is 12.2. The molecule has 136 valence electrons. The van der Waals surface area contributed by atoms with Gasteiger partial charge in [-0.2, -0.15) is 0 Å². The number of fused-ring (bicyclic) bond motifs is 1. The van der Waals surface area contributed by atoms with Crippen molar-refractivity contribution in [1.29, 1.82) is 0 Å². The molecule has 2 aromatic heterocycles. The van der Waals surface area contributed by atoms with E-state index in [1.165, 1.54) is 8.97 Å². The molecule has 6 heteroatoms. The maximum absolute atomic E-state index is 12.8. The van der Waals surface area contributed by atoms with E-state index in [-0.39, 0.29) is 10.9 Å². The van der Waals surface area contributed by atoms with Crippen molar-refractivity contribution in [2.45, 2.75) is 33.7 Å². The van der Waals surface area contributed by atoms with Crippen molar-refractivity contribution in [3.63, 3.8) is 0 Å². The maximum atomic E-state index is 12.8. The van der Waals surface area contributed by atoms with Crippen molar-refractivity contribution in [2.24, 2.45) is 5.41 Å². The fraction of sp³-hybridized carbons (Fsp3) is 0.300. The number of pyridine rings is 1. The van der Waals surface area contributed by atoms with Crippen LogP contribution in [0.1, 0.15) is 31.9 Å². The lowest BCUT2D eigenvalue weighted by molar-refractivity contribution is 0.406. The molecule has 0 unspecified atom stereocenters. The average molecular weight is 373 g/mol. The molecule has 2 heterocycles. The van der Waals surface area contributed by atoms with Gasteiger partial charge in [0.2, 0.25) is 5.43 Å². The lowest BCUT2D eigenvalue weighted by atomic mass is 9.88. The molecule has 5 nitrogen and oxygen atoms in total. The fourth-order valence-electron chi connectivity index (χ4n) is 3.01.